The van der Waals surface area contributed by atoms with E-state index in [-0.39, 0.29) is 12.6 Å². The normalized spacial score (nSPS) is 13.1. The average Bonchev–Trinajstić information content (AvgIpc) is 2.73. The summed E-state index contributed by atoms with van der Waals surface area (Å²) in [6.07, 6.45) is 0. The highest BCUT2D eigenvalue weighted by Gasteiger charge is 2.15. The molecule has 3 N–H and O–H groups in total. The van der Waals surface area contributed by atoms with Gasteiger partial charge in [0, 0.05) is 12.3 Å². The molecule has 1 atom stereocenters. The van der Waals surface area contributed by atoms with Crippen LogP contribution in [0.2, 0.25) is 0 Å². The highest BCUT2D eigenvalue weighted by molar-refractivity contribution is 5.79. The summed E-state index contributed by atoms with van der Waals surface area (Å²) in [6.45, 7) is 5.20. The number of anilines is 1. The summed E-state index contributed by atoms with van der Waals surface area (Å²) in [5, 5.41) is 9.41. The number of imidazole rings is 1. The molecule has 5 heteroatoms. The molecule has 1 unspecified atom stereocenters. The fourth-order valence-corrected chi connectivity index (χ4v) is 2.13. The summed E-state index contributed by atoms with van der Waals surface area (Å²) < 4.78 is 7.44. The summed E-state index contributed by atoms with van der Waals surface area (Å²) in [5.74, 6) is 0.641. The van der Waals surface area contributed by atoms with Crippen molar-refractivity contribution in [1.29, 1.82) is 0 Å². The van der Waals surface area contributed by atoms with Crippen molar-refractivity contribution in [3.05, 3.63) is 24.0 Å². The minimum Gasteiger partial charge on any atom is -0.399 e. The van der Waals surface area contributed by atoms with Crippen molar-refractivity contribution in [3.63, 3.8) is 0 Å². The van der Waals surface area contributed by atoms with E-state index in [0.29, 0.717) is 24.7 Å². The zero-order valence-corrected chi connectivity index (χ0v) is 10.8. The Labute approximate surface area is 106 Å². The van der Waals surface area contributed by atoms with Crippen LogP contribution in [0.4, 0.5) is 5.69 Å². The van der Waals surface area contributed by atoms with Gasteiger partial charge in [-0.25, -0.2) is 4.98 Å². The van der Waals surface area contributed by atoms with Gasteiger partial charge >= 0.3 is 0 Å². The predicted octanol–water partition coefficient (Wildman–Crippen LogP) is 1.71. The van der Waals surface area contributed by atoms with E-state index in [4.69, 9.17) is 10.5 Å². The van der Waals surface area contributed by atoms with E-state index in [1.165, 1.54) is 0 Å². The van der Waals surface area contributed by atoms with E-state index < -0.39 is 0 Å². The van der Waals surface area contributed by atoms with Gasteiger partial charge in [0.25, 0.3) is 0 Å². The van der Waals surface area contributed by atoms with Gasteiger partial charge < -0.3 is 20.1 Å². The van der Waals surface area contributed by atoms with Gasteiger partial charge in [-0.3, -0.25) is 0 Å². The molecule has 1 aromatic carbocycles. The molecule has 1 aromatic heterocycles. The maximum Gasteiger partial charge on any atom is 0.136 e. The molecular weight excluding hydrogens is 230 g/mol. The minimum absolute atomic E-state index is 0.0922. The first-order valence-electron chi connectivity index (χ1n) is 6.12. The summed E-state index contributed by atoms with van der Waals surface area (Å²) in [4.78, 5) is 4.40. The lowest BCUT2D eigenvalue weighted by Crippen LogP contribution is -2.15. The van der Waals surface area contributed by atoms with Crippen molar-refractivity contribution in [1.82, 2.24) is 9.55 Å². The number of aliphatic hydroxyl groups excluding tert-OH is 1. The Kier molecular flexibility index (Phi) is 3.84. The molecule has 0 saturated carbocycles. The Morgan fingerprint density at radius 2 is 2.28 bits per heavy atom. The zero-order valence-electron chi connectivity index (χ0n) is 10.8. The van der Waals surface area contributed by atoms with Crippen molar-refractivity contribution < 1.29 is 9.84 Å². The molecule has 98 valence electrons. The molecule has 0 aliphatic carbocycles. The van der Waals surface area contributed by atoms with Crippen LogP contribution in [0.25, 0.3) is 11.0 Å². The van der Waals surface area contributed by atoms with Crippen LogP contribution < -0.4 is 5.73 Å². The molecule has 5 nitrogen and oxygen atoms in total. The van der Waals surface area contributed by atoms with Crippen LogP contribution in [0.15, 0.2) is 18.2 Å². The lowest BCUT2D eigenvalue weighted by molar-refractivity contribution is 0.117. The second kappa shape index (κ2) is 5.37. The molecule has 0 fully saturated rings. The summed E-state index contributed by atoms with van der Waals surface area (Å²) in [5.41, 5.74) is 8.20. The van der Waals surface area contributed by atoms with Gasteiger partial charge in [-0.1, -0.05) is 0 Å². The molecule has 1 heterocycles. The van der Waals surface area contributed by atoms with Crippen molar-refractivity contribution in [3.8, 4) is 0 Å². The average molecular weight is 249 g/mol. The quantitative estimate of drug-likeness (QED) is 0.791. The lowest BCUT2D eigenvalue weighted by atomic mass is 10.2. The van der Waals surface area contributed by atoms with Gasteiger partial charge in [-0.05, 0) is 32.0 Å². The number of fused-ring (bicyclic) bond motifs is 1. The number of nitrogen functional groups attached to an aromatic ring is 1. The number of nitrogens with zero attached hydrogens (tertiary/aromatic N) is 2. The number of hydrogen-bond donors (Lipinski definition) is 2. The van der Waals surface area contributed by atoms with Crippen LogP contribution in [-0.2, 0) is 11.3 Å². The maximum atomic E-state index is 9.41. The topological polar surface area (TPSA) is 73.3 Å². The van der Waals surface area contributed by atoms with Gasteiger partial charge in [0.15, 0.2) is 0 Å². The Hall–Kier alpha value is -1.59. The Morgan fingerprint density at radius 3 is 2.94 bits per heavy atom. The molecule has 18 heavy (non-hydrogen) atoms. The van der Waals surface area contributed by atoms with E-state index in [0.717, 1.165) is 11.0 Å². The van der Waals surface area contributed by atoms with Gasteiger partial charge in [-0.15, -0.1) is 0 Å². The number of rotatable bonds is 5. The number of hydrogen-bond acceptors (Lipinski definition) is 4. The van der Waals surface area contributed by atoms with Gasteiger partial charge in [0.2, 0.25) is 0 Å². The second-order valence-corrected chi connectivity index (χ2v) is 4.31. The van der Waals surface area contributed by atoms with Crippen LogP contribution in [0, 0.1) is 0 Å². The highest BCUT2D eigenvalue weighted by Crippen LogP contribution is 2.23. The van der Waals surface area contributed by atoms with Crippen LogP contribution in [-0.4, -0.2) is 27.9 Å². The fraction of sp³-hybridized carbons (Fsp3) is 0.462. The molecule has 0 saturated heterocycles. The van der Waals surface area contributed by atoms with E-state index in [1.54, 1.807) is 0 Å². The number of aliphatic hydroxyl groups is 1. The minimum atomic E-state index is -0.0922. The third-order valence-electron chi connectivity index (χ3n) is 2.93. The second-order valence-electron chi connectivity index (χ2n) is 4.31. The largest absolute Gasteiger partial charge is 0.399 e. The van der Waals surface area contributed by atoms with E-state index in [9.17, 15) is 5.11 Å². The molecule has 0 aliphatic rings. The van der Waals surface area contributed by atoms with Crippen LogP contribution >= 0.6 is 0 Å². The first kappa shape index (κ1) is 12.9. The Morgan fingerprint density at radius 1 is 1.50 bits per heavy atom. The van der Waals surface area contributed by atoms with Crippen LogP contribution in [0.3, 0.4) is 0 Å². The van der Waals surface area contributed by atoms with E-state index >= 15 is 0 Å². The molecule has 2 rings (SSSR count). The Balaban J connectivity index is 2.46. The fourth-order valence-electron chi connectivity index (χ4n) is 2.13. The molecular formula is C13H19N3O2. The van der Waals surface area contributed by atoms with E-state index in [1.807, 2.05) is 36.6 Å². The predicted molar refractivity (Wildman–Crippen MR) is 71.3 cm³/mol. The van der Waals surface area contributed by atoms with Crippen molar-refractivity contribution in [2.24, 2.45) is 0 Å². The standard InChI is InChI=1S/C13H19N3O2/c1-3-18-8-9(2)16-12-5-4-10(14)6-11(12)15-13(16)7-17/h4-6,9,17H,3,7-8,14H2,1-2H3. The summed E-state index contributed by atoms with van der Waals surface area (Å²) >= 11 is 0. The Bertz CT molecular complexity index is 536. The molecule has 2 aromatic rings. The summed E-state index contributed by atoms with van der Waals surface area (Å²) in [7, 11) is 0. The van der Waals surface area contributed by atoms with Crippen molar-refractivity contribution in [2.75, 3.05) is 18.9 Å². The van der Waals surface area contributed by atoms with Gasteiger partial charge in [0.1, 0.15) is 12.4 Å². The number of ether oxygens (including phenoxy) is 1. The van der Waals surface area contributed by atoms with Crippen LogP contribution in [0.5, 0.6) is 0 Å². The third-order valence-corrected chi connectivity index (χ3v) is 2.93. The molecule has 0 bridgehead atoms. The molecule has 0 spiro atoms. The number of aromatic nitrogens is 2. The molecule has 0 aliphatic heterocycles. The first-order chi connectivity index (χ1) is 8.67. The SMILES string of the molecule is CCOCC(C)n1c(CO)nc2cc(N)ccc21. The van der Waals surface area contributed by atoms with Gasteiger partial charge in [0.05, 0.1) is 23.7 Å². The maximum absolute atomic E-state index is 9.41. The first-order valence-corrected chi connectivity index (χ1v) is 6.12. The number of benzene rings is 1. The smallest absolute Gasteiger partial charge is 0.136 e. The van der Waals surface area contributed by atoms with E-state index in [2.05, 4.69) is 4.98 Å². The van der Waals surface area contributed by atoms with Crippen LogP contribution in [0.1, 0.15) is 25.7 Å². The van der Waals surface area contributed by atoms with Gasteiger partial charge in [-0.2, -0.15) is 0 Å². The molecule has 0 amide bonds. The number of nitrogens with two attached hydrogens (primary N) is 1. The highest BCUT2D eigenvalue weighted by atomic mass is 16.5. The zero-order chi connectivity index (χ0) is 13.1. The summed E-state index contributed by atoms with van der Waals surface area (Å²) in [6, 6.07) is 5.72. The van der Waals surface area contributed by atoms with Crippen molar-refractivity contribution >= 4 is 16.7 Å². The molecule has 0 radical (unpaired) electrons. The third kappa shape index (κ3) is 2.32. The lowest BCUT2D eigenvalue weighted by Gasteiger charge is -2.16. The monoisotopic (exact) mass is 249 g/mol. The van der Waals surface area contributed by atoms with Crippen molar-refractivity contribution in [2.45, 2.75) is 26.5 Å².